The standard InChI is InChI=1S/C25H30N2O3/c1-30-22-11-9-20(10-12-22)24(28)21-13-17-26(18-14-21)23(19-7-3-2-4-8-19)25(29)27-15-5-6-16-27/h2-4,7-12,21,23H,5-6,13-18H2,1H3. The molecule has 1 atom stereocenters. The number of hydrogen-bond donors (Lipinski definition) is 0. The molecule has 2 aromatic rings. The summed E-state index contributed by atoms with van der Waals surface area (Å²) >= 11 is 0. The number of benzene rings is 2. The second-order valence-electron chi connectivity index (χ2n) is 8.25. The molecule has 5 nitrogen and oxygen atoms in total. The van der Waals surface area contributed by atoms with Crippen LogP contribution >= 0.6 is 0 Å². The molecule has 0 radical (unpaired) electrons. The van der Waals surface area contributed by atoms with Gasteiger partial charge in [0.05, 0.1) is 7.11 Å². The molecule has 2 aliphatic rings. The molecule has 2 heterocycles. The molecule has 5 heteroatoms. The maximum Gasteiger partial charge on any atom is 0.244 e. The summed E-state index contributed by atoms with van der Waals surface area (Å²) in [5.74, 6) is 1.17. The highest BCUT2D eigenvalue weighted by atomic mass is 16.5. The minimum atomic E-state index is -0.249. The molecule has 2 fully saturated rings. The zero-order chi connectivity index (χ0) is 20.9. The average molecular weight is 407 g/mol. The van der Waals surface area contributed by atoms with Gasteiger partial charge in [-0.05, 0) is 68.6 Å². The van der Waals surface area contributed by atoms with Crippen LogP contribution in [0, 0.1) is 5.92 Å². The van der Waals surface area contributed by atoms with Gasteiger partial charge in [0, 0.05) is 24.6 Å². The number of hydrogen-bond acceptors (Lipinski definition) is 4. The Labute approximate surface area is 178 Å². The largest absolute Gasteiger partial charge is 0.497 e. The third kappa shape index (κ3) is 4.41. The van der Waals surface area contributed by atoms with E-state index >= 15 is 0 Å². The van der Waals surface area contributed by atoms with Gasteiger partial charge in [-0.1, -0.05) is 30.3 Å². The van der Waals surface area contributed by atoms with E-state index in [0.29, 0.717) is 0 Å². The molecular formula is C25H30N2O3. The lowest BCUT2D eigenvalue weighted by Gasteiger charge is -2.38. The Morgan fingerprint density at radius 3 is 2.13 bits per heavy atom. The molecule has 0 aromatic heterocycles. The second-order valence-corrected chi connectivity index (χ2v) is 8.25. The quantitative estimate of drug-likeness (QED) is 0.682. The number of ether oxygens (including phenoxy) is 1. The Balaban J connectivity index is 1.45. The predicted octanol–water partition coefficient (Wildman–Crippen LogP) is 3.95. The van der Waals surface area contributed by atoms with E-state index in [4.69, 9.17) is 4.74 Å². The Morgan fingerprint density at radius 1 is 0.900 bits per heavy atom. The third-order valence-electron chi connectivity index (χ3n) is 6.41. The molecule has 1 unspecified atom stereocenters. The normalized spacial score (nSPS) is 18.9. The van der Waals surface area contributed by atoms with Crippen molar-refractivity contribution in [2.24, 2.45) is 5.92 Å². The minimum absolute atomic E-state index is 0.00737. The molecule has 30 heavy (non-hydrogen) atoms. The number of piperidine rings is 1. The zero-order valence-electron chi connectivity index (χ0n) is 17.6. The third-order valence-corrected chi connectivity index (χ3v) is 6.41. The van der Waals surface area contributed by atoms with E-state index < -0.39 is 0 Å². The fourth-order valence-electron chi connectivity index (χ4n) is 4.67. The van der Waals surface area contributed by atoms with Crippen molar-refractivity contribution in [3.8, 4) is 5.75 Å². The first-order valence-electron chi connectivity index (χ1n) is 10.9. The number of Topliss-reactive ketones (excluding diaryl/α,β-unsaturated/α-hetero) is 1. The lowest BCUT2D eigenvalue weighted by atomic mass is 9.87. The first kappa shape index (κ1) is 20.6. The van der Waals surface area contributed by atoms with Crippen LogP contribution in [0.2, 0.25) is 0 Å². The molecule has 158 valence electrons. The molecule has 2 saturated heterocycles. The topological polar surface area (TPSA) is 49.9 Å². The molecule has 0 aliphatic carbocycles. The lowest BCUT2D eigenvalue weighted by molar-refractivity contribution is -0.136. The number of ketones is 1. The Bertz CT molecular complexity index is 852. The molecule has 0 saturated carbocycles. The van der Waals surface area contributed by atoms with Crippen LogP contribution in [0.3, 0.4) is 0 Å². The summed E-state index contributed by atoms with van der Waals surface area (Å²) in [5.41, 5.74) is 1.79. The van der Waals surface area contributed by atoms with Crippen molar-refractivity contribution in [2.45, 2.75) is 31.7 Å². The van der Waals surface area contributed by atoms with Gasteiger partial charge in [-0.25, -0.2) is 0 Å². The van der Waals surface area contributed by atoms with Gasteiger partial charge >= 0.3 is 0 Å². The summed E-state index contributed by atoms with van der Waals surface area (Å²) in [6.07, 6.45) is 3.74. The molecule has 4 rings (SSSR count). The van der Waals surface area contributed by atoms with Crippen molar-refractivity contribution < 1.29 is 14.3 Å². The number of carbonyl (C=O) groups excluding carboxylic acids is 2. The van der Waals surface area contributed by atoms with Crippen molar-refractivity contribution in [3.05, 3.63) is 65.7 Å². The van der Waals surface area contributed by atoms with Gasteiger partial charge in [-0.3, -0.25) is 14.5 Å². The number of likely N-dealkylation sites (tertiary alicyclic amines) is 2. The Morgan fingerprint density at radius 2 is 1.53 bits per heavy atom. The summed E-state index contributed by atoms with van der Waals surface area (Å²) in [4.78, 5) is 30.6. The maximum absolute atomic E-state index is 13.3. The summed E-state index contributed by atoms with van der Waals surface area (Å²) < 4.78 is 5.19. The lowest BCUT2D eigenvalue weighted by Crippen LogP contribution is -2.46. The van der Waals surface area contributed by atoms with Gasteiger partial charge in [-0.2, -0.15) is 0 Å². The fraction of sp³-hybridized carbons (Fsp3) is 0.440. The van der Waals surface area contributed by atoms with Crippen LogP contribution in [0.1, 0.15) is 47.6 Å². The number of rotatable bonds is 6. The van der Waals surface area contributed by atoms with Crippen LogP contribution in [-0.2, 0) is 4.79 Å². The highest BCUT2D eigenvalue weighted by Gasteiger charge is 2.36. The van der Waals surface area contributed by atoms with E-state index in [-0.39, 0.29) is 23.7 Å². The van der Waals surface area contributed by atoms with E-state index in [1.165, 1.54) is 0 Å². The second kappa shape index (κ2) is 9.43. The molecular weight excluding hydrogens is 376 g/mol. The highest BCUT2D eigenvalue weighted by Crippen LogP contribution is 2.31. The molecule has 2 aliphatic heterocycles. The van der Waals surface area contributed by atoms with Crippen molar-refractivity contribution in [1.29, 1.82) is 0 Å². The van der Waals surface area contributed by atoms with Gasteiger partial charge in [0.25, 0.3) is 0 Å². The van der Waals surface area contributed by atoms with Gasteiger partial charge in [-0.15, -0.1) is 0 Å². The van der Waals surface area contributed by atoms with E-state index in [9.17, 15) is 9.59 Å². The number of carbonyl (C=O) groups is 2. The summed E-state index contributed by atoms with van der Waals surface area (Å²) in [6, 6.07) is 17.2. The van der Waals surface area contributed by atoms with Crippen LogP contribution in [0.4, 0.5) is 0 Å². The van der Waals surface area contributed by atoms with E-state index in [2.05, 4.69) is 4.90 Å². The number of nitrogens with zero attached hydrogens (tertiary/aromatic N) is 2. The van der Waals surface area contributed by atoms with Crippen molar-refractivity contribution in [3.63, 3.8) is 0 Å². The number of methoxy groups -OCH3 is 1. The van der Waals surface area contributed by atoms with Crippen LogP contribution in [0.5, 0.6) is 5.75 Å². The first-order valence-corrected chi connectivity index (χ1v) is 10.9. The Kier molecular flexibility index (Phi) is 6.48. The highest BCUT2D eigenvalue weighted by molar-refractivity contribution is 5.98. The maximum atomic E-state index is 13.3. The minimum Gasteiger partial charge on any atom is -0.497 e. The van der Waals surface area contributed by atoms with Gasteiger partial charge in [0.15, 0.2) is 5.78 Å². The fourth-order valence-corrected chi connectivity index (χ4v) is 4.67. The van der Waals surface area contributed by atoms with Crippen LogP contribution in [0.25, 0.3) is 0 Å². The van der Waals surface area contributed by atoms with E-state index in [0.717, 1.165) is 68.7 Å². The summed E-state index contributed by atoms with van der Waals surface area (Å²) in [5, 5.41) is 0. The van der Waals surface area contributed by atoms with Crippen molar-refractivity contribution in [2.75, 3.05) is 33.3 Å². The zero-order valence-corrected chi connectivity index (χ0v) is 17.6. The molecule has 0 spiro atoms. The van der Waals surface area contributed by atoms with Crippen molar-refractivity contribution >= 4 is 11.7 Å². The van der Waals surface area contributed by atoms with Crippen LogP contribution < -0.4 is 4.74 Å². The van der Waals surface area contributed by atoms with E-state index in [1.54, 1.807) is 7.11 Å². The Hall–Kier alpha value is -2.66. The summed E-state index contributed by atoms with van der Waals surface area (Å²) in [6.45, 7) is 3.22. The SMILES string of the molecule is COc1ccc(C(=O)C2CCN(C(C(=O)N3CCCC3)c3ccccc3)CC2)cc1. The van der Waals surface area contributed by atoms with Gasteiger partial charge < -0.3 is 9.64 Å². The molecule has 0 N–H and O–H groups in total. The molecule has 0 bridgehead atoms. The summed E-state index contributed by atoms with van der Waals surface area (Å²) in [7, 11) is 1.62. The smallest absolute Gasteiger partial charge is 0.244 e. The van der Waals surface area contributed by atoms with Gasteiger partial charge in [0.1, 0.15) is 11.8 Å². The predicted molar refractivity (Wildman–Crippen MR) is 117 cm³/mol. The van der Waals surface area contributed by atoms with E-state index in [1.807, 2.05) is 59.5 Å². The van der Waals surface area contributed by atoms with Gasteiger partial charge in [0.2, 0.25) is 5.91 Å². The van der Waals surface area contributed by atoms with Crippen LogP contribution in [0.15, 0.2) is 54.6 Å². The van der Waals surface area contributed by atoms with Crippen molar-refractivity contribution in [1.82, 2.24) is 9.80 Å². The average Bonchev–Trinajstić information content (AvgIpc) is 3.35. The van der Waals surface area contributed by atoms with Crippen LogP contribution in [-0.4, -0.2) is 54.8 Å². The first-order chi connectivity index (χ1) is 14.7. The molecule has 2 aromatic carbocycles. The molecule has 1 amide bonds. The monoisotopic (exact) mass is 406 g/mol. The number of amides is 1.